The summed E-state index contributed by atoms with van der Waals surface area (Å²) in [5.41, 5.74) is 0.345. The zero-order valence-corrected chi connectivity index (χ0v) is 14.7. The van der Waals surface area contributed by atoms with Crippen molar-refractivity contribution in [3.05, 3.63) is 35.6 Å². The van der Waals surface area contributed by atoms with E-state index in [1.165, 1.54) is 6.07 Å². The lowest BCUT2D eigenvalue weighted by Crippen LogP contribution is -2.55. The third-order valence-electron chi connectivity index (χ3n) is 5.54. The van der Waals surface area contributed by atoms with Gasteiger partial charge in [0.1, 0.15) is 23.8 Å². The summed E-state index contributed by atoms with van der Waals surface area (Å²) in [7, 11) is 1.80. The molecule has 2 aliphatic heterocycles. The Bertz CT molecular complexity index is 898. The SMILES string of the molecule is CN(c1ccc(-c2cc(C#N)c(F)cc2O)nn1)[C@H]1CC2CCC(N2)[C@H]1F. The molecule has 1 aromatic carbocycles. The normalized spacial score (nSPS) is 26.6. The standard InChI is InChI=1S/C19H19F2N5O/c1-26(16-7-11-2-3-15(23-11)19(16)21)18-5-4-14(24-25-18)12-6-10(9-22)13(20)8-17(12)27/h4-6,8,11,15-16,19,23,27H,2-3,7H2,1H3/t11?,15?,16-,19+/m0/s1. The maximum Gasteiger partial charge on any atom is 0.151 e. The number of fused-ring (bicyclic) bond motifs is 2. The van der Waals surface area contributed by atoms with Crippen molar-refractivity contribution in [2.45, 2.75) is 43.6 Å². The Labute approximate surface area is 155 Å². The molecule has 4 rings (SSSR count). The highest BCUT2D eigenvalue weighted by molar-refractivity contribution is 5.69. The minimum atomic E-state index is -0.977. The van der Waals surface area contributed by atoms with Crippen LogP contribution in [0.2, 0.25) is 0 Å². The molecule has 8 heteroatoms. The quantitative estimate of drug-likeness (QED) is 0.863. The van der Waals surface area contributed by atoms with E-state index in [9.17, 15) is 13.9 Å². The molecular weight excluding hydrogens is 352 g/mol. The fourth-order valence-corrected chi connectivity index (χ4v) is 4.03. The van der Waals surface area contributed by atoms with Gasteiger partial charge in [0.25, 0.3) is 0 Å². The third-order valence-corrected chi connectivity index (χ3v) is 5.54. The van der Waals surface area contributed by atoms with Gasteiger partial charge in [0.15, 0.2) is 5.82 Å². The van der Waals surface area contributed by atoms with E-state index in [0.29, 0.717) is 24.0 Å². The van der Waals surface area contributed by atoms with Gasteiger partial charge in [-0.05, 0) is 37.5 Å². The van der Waals surface area contributed by atoms with Crippen molar-refractivity contribution < 1.29 is 13.9 Å². The minimum absolute atomic E-state index is 0.107. The van der Waals surface area contributed by atoms with Crippen molar-refractivity contribution in [3.63, 3.8) is 0 Å². The van der Waals surface area contributed by atoms with Crippen molar-refractivity contribution in [1.29, 1.82) is 5.26 Å². The molecule has 6 nitrogen and oxygen atoms in total. The largest absolute Gasteiger partial charge is 0.507 e. The van der Waals surface area contributed by atoms with Gasteiger partial charge in [0, 0.05) is 30.8 Å². The predicted octanol–water partition coefficient (Wildman–Crippen LogP) is 2.53. The average Bonchev–Trinajstić information content (AvgIpc) is 3.08. The number of phenols is 1. The van der Waals surface area contributed by atoms with Gasteiger partial charge in [0.2, 0.25) is 0 Å². The molecule has 0 radical (unpaired) electrons. The molecule has 0 saturated carbocycles. The van der Waals surface area contributed by atoms with Crippen molar-refractivity contribution in [1.82, 2.24) is 15.5 Å². The van der Waals surface area contributed by atoms with Crippen LogP contribution >= 0.6 is 0 Å². The van der Waals surface area contributed by atoms with Gasteiger partial charge in [-0.25, -0.2) is 8.78 Å². The first-order valence-corrected chi connectivity index (χ1v) is 8.87. The molecule has 2 aromatic rings. The summed E-state index contributed by atoms with van der Waals surface area (Å²) in [6.07, 6.45) is 1.58. The molecule has 2 N–H and O–H groups in total. The second kappa shape index (κ2) is 6.74. The van der Waals surface area contributed by atoms with Crippen LogP contribution in [0, 0.1) is 17.1 Å². The molecule has 3 heterocycles. The first kappa shape index (κ1) is 17.6. The first-order valence-electron chi connectivity index (χ1n) is 8.87. The molecule has 27 heavy (non-hydrogen) atoms. The van der Waals surface area contributed by atoms with E-state index in [2.05, 4.69) is 15.5 Å². The smallest absolute Gasteiger partial charge is 0.151 e. The monoisotopic (exact) mass is 371 g/mol. The number of alkyl halides is 1. The van der Waals surface area contributed by atoms with E-state index in [1.807, 2.05) is 0 Å². The Hall–Kier alpha value is -2.79. The number of aromatic nitrogens is 2. The molecule has 2 aliphatic rings. The van der Waals surface area contributed by atoms with Gasteiger partial charge in [-0.2, -0.15) is 5.26 Å². The van der Waals surface area contributed by atoms with Crippen LogP contribution in [0.1, 0.15) is 24.8 Å². The van der Waals surface area contributed by atoms with Gasteiger partial charge in [0.05, 0.1) is 17.3 Å². The number of piperidine rings is 1. The number of rotatable bonds is 3. The van der Waals surface area contributed by atoms with Gasteiger partial charge >= 0.3 is 0 Å². The van der Waals surface area contributed by atoms with E-state index in [-0.39, 0.29) is 29.0 Å². The number of nitrogens with zero attached hydrogens (tertiary/aromatic N) is 4. The molecular formula is C19H19F2N5O. The number of hydrogen-bond donors (Lipinski definition) is 2. The summed E-state index contributed by atoms with van der Waals surface area (Å²) in [5, 5.41) is 30.5. The second-order valence-corrected chi connectivity index (χ2v) is 7.14. The van der Waals surface area contributed by atoms with Crippen LogP contribution in [0.25, 0.3) is 11.3 Å². The summed E-state index contributed by atoms with van der Waals surface area (Å²) in [4.78, 5) is 1.80. The van der Waals surface area contributed by atoms with Crippen LogP contribution in [0.15, 0.2) is 24.3 Å². The lowest BCUT2D eigenvalue weighted by Gasteiger charge is -2.38. The van der Waals surface area contributed by atoms with Gasteiger partial charge in [-0.1, -0.05) is 0 Å². The van der Waals surface area contributed by atoms with Crippen LogP contribution in [-0.4, -0.2) is 46.6 Å². The number of hydrogen-bond acceptors (Lipinski definition) is 6. The van der Waals surface area contributed by atoms with Crippen LogP contribution in [0.3, 0.4) is 0 Å². The molecule has 0 spiro atoms. The predicted molar refractivity (Wildman–Crippen MR) is 95.5 cm³/mol. The van der Waals surface area contributed by atoms with Crippen molar-refractivity contribution in [2.75, 3.05) is 11.9 Å². The third kappa shape index (κ3) is 3.08. The average molecular weight is 371 g/mol. The van der Waals surface area contributed by atoms with E-state index in [0.717, 1.165) is 18.9 Å². The Kier molecular flexibility index (Phi) is 4.40. The van der Waals surface area contributed by atoms with Crippen LogP contribution in [0.5, 0.6) is 5.75 Å². The van der Waals surface area contributed by atoms with E-state index >= 15 is 0 Å². The molecule has 1 aromatic heterocycles. The minimum Gasteiger partial charge on any atom is -0.507 e. The van der Waals surface area contributed by atoms with Crippen LogP contribution in [-0.2, 0) is 0 Å². The number of halogens is 2. The summed E-state index contributed by atoms with van der Waals surface area (Å²) in [5.74, 6) is -0.590. The summed E-state index contributed by atoms with van der Waals surface area (Å²) >= 11 is 0. The second-order valence-electron chi connectivity index (χ2n) is 7.14. The molecule has 2 unspecified atom stereocenters. The summed E-state index contributed by atoms with van der Waals surface area (Å²) < 4.78 is 28.3. The zero-order valence-electron chi connectivity index (χ0n) is 14.7. The van der Waals surface area contributed by atoms with E-state index in [4.69, 9.17) is 5.26 Å². The van der Waals surface area contributed by atoms with E-state index in [1.54, 1.807) is 30.1 Å². The number of anilines is 1. The number of phenolic OH excluding ortho intramolecular Hbond substituents is 1. The zero-order chi connectivity index (χ0) is 19.1. The maximum atomic E-state index is 14.7. The van der Waals surface area contributed by atoms with Crippen LogP contribution in [0.4, 0.5) is 14.6 Å². The van der Waals surface area contributed by atoms with Gasteiger partial charge in [-0.3, -0.25) is 0 Å². The highest BCUT2D eigenvalue weighted by Crippen LogP contribution is 2.34. The maximum absolute atomic E-state index is 14.7. The molecule has 0 aliphatic carbocycles. The molecule has 140 valence electrons. The van der Waals surface area contributed by atoms with Crippen molar-refractivity contribution in [3.8, 4) is 23.1 Å². The first-order chi connectivity index (χ1) is 13.0. The Balaban J connectivity index is 1.59. The number of nitrogens with one attached hydrogen (secondary N) is 1. The highest BCUT2D eigenvalue weighted by Gasteiger charge is 2.43. The Morgan fingerprint density at radius 3 is 2.81 bits per heavy atom. The van der Waals surface area contributed by atoms with Crippen molar-refractivity contribution >= 4 is 5.82 Å². The summed E-state index contributed by atoms with van der Waals surface area (Å²) in [6.45, 7) is 0. The summed E-state index contributed by atoms with van der Waals surface area (Å²) in [6, 6.07) is 7.12. The Morgan fingerprint density at radius 2 is 2.11 bits per heavy atom. The van der Waals surface area contributed by atoms with Gasteiger partial charge < -0.3 is 15.3 Å². The number of benzene rings is 1. The molecule has 0 amide bonds. The van der Waals surface area contributed by atoms with Gasteiger partial charge in [-0.15, -0.1) is 10.2 Å². The number of aromatic hydroxyl groups is 1. The lowest BCUT2D eigenvalue weighted by atomic mass is 9.96. The fraction of sp³-hybridized carbons (Fsp3) is 0.421. The number of nitriles is 1. The van der Waals surface area contributed by atoms with Crippen LogP contribution < -0.4 is 10.2 Å². The molecule has 4 atom stereocenters. The molecule has 2 saturated heterocycles. The topological polar surface area (TPSA) is 85.1 Å². The Morgan fingerprint density at radius 1 is 1.30 bits per heavy atom. The highest BCUT2D eigenvalue weighted by atomic mass is 19.1. The molecule has 2 bridgehead atoms. The molecule has 2 fully saturated rings. The van der Waals surface area contributed by atoms with E-state index < -0.39 is 12.0 Å². The fourth-order valence-electron chi connectivity index (χ4n) is 4.03. The lowest BCUT2D eigenvalue weighted by molar-refractivity contribution is 0.176. The van der Waals surface area contributed by atoms with Crippen molar-refractivity contribution in [2.24, 2.45) is 0 Å².